The zero-order valence-electron chi connectivity index (χ0n) is 13.9. The van der Waals surface area contributed by atoms with E-state index in [0.717, 1.165) is 11.0 Å². The monoisotopic (exact) mass is 368 g/mol. The zero-order valence-corrected chi connectivity index (χ0v) is 14.7. The molecule has 0 unspecified atom stereocenters. The third-order valence-electron chi connectivity index (χ3n) is 3.82. The number of nitriles is 1. The molecule has 3 rings (SSSR count). The number of fused-ring (bicyclic) bond motifs is 1. The van der Waals surface area contributed by atoms with Gasteiger partial charge in [0, 0.05) is 18.7 Å². The summed E-state index contributed by atoms with van der Waals surface area (Å²) in [5, 5.41) is 13.6. The predicted molar refractivity (Wildman–Crippen MR) is 101 cm³/mol. The highest BCUT2D eigenvalue weighted by molar-refractivity contribution is 8.00. The number of nitrogens with two attached hydrogens (primary N) is 2. The van der Waals surface area contributed by atoms with E-state index in [2.05, 4.69) is 26.6 Å². The first-order chi connectivity index (χ1) is 12.6. The lowest BCUT2D eigenvalue weighted by atomic mass is 10.1. The van der Waals surface area contributed by atoms with Gasteiger partial charge in [-0.05, 0) is 12.1 Å². The number of aromatic amines is 1. The molecule has 2 heterocycles. The van der Waals surface area contributed by atoms with E-state index in [-0.39, 0.29) is 11.3 Å². The summed E-state index contributed by atoms with van der Waals surface area (Å²) in [6.45, 7) is 0. The van der Waals surface area contributed by atoms with Crippen molar-refractivity contribution in [3.8, 4) is 17.5 Å². The SMILES string of the molecule is Cn1c(-c2cc(=O)[nH]c(SC/C(=N/N)NN)c2C#N)nc2ccccc21. The Labute approximate surface area is 152 Å². The number of amidine groups is 1. The molecule has 10 heteroatoms. The molecule has 0 bridgehead atoms. The van der Waals surface area contributed by atoms with Gasteiger partial charge in [-0.25, -0.2) is 10.8 Å². The van der Waals surface area contributed by atoms with E-state index < -0.39 is 0 Å². The quantitative estimate of drug-likeness (QED) is 0.173. The highest BCUT2D eigenvalue weighted by Crippen LogP contribution is 2.29. The fraction of sp³-hybridized carbons (Fsp3) is 0.125. The molecule has 3 aromatic rings. The lowest BCUT2D eigenvalue weighted by Crippen LogP contribution is -2.33. The number of aromatic nitrogens is 3. The van der Waals surface area contributed by atoms with E-state index in [1.807, 2.05) is 35.9 Å². The normalized spacial score (nSPS) is 11.5. The first kappa shape index (κ1) is 17.5. The molecular formula is C16H16N8OS. The van der Waals surface area contributed by atoms with Crippen LogP contribution in [-0.2, 0) is 7.05 Å². The van der Waals surface area contributed by atoms with E-state index in [0.29, 0.717) is 27.8 Å². The maximum atomic E-state index is 12.2. The van der Waals surface area contributed by atoms with E-state index in [1.165, 1.54) is 17.8 Å². The predicted octanol–water partition coefficient (Wildman–Crippen LogP) is 0.628. The minimum atomic E-state index is -0.333. The standard InChI is InChI=1S/C16H16N8OS/c1-24-12-5-3-2-4-11(12)20-15(24)9-6-14(25)21-16(10(9)7-17)26-8-13(22-18)23-19/h2-6H,8,18-19H2,1H3,(H,21,25)(H,22,23). The van der Waals surface area contributed by atoms with Crippen LogP contribution in [0.4, 0.5) is 0 Å². The molecule has 0 radical (unpaired) electrons. The molecule has 0 saturated heterocycles. The summed E-state index contributed by atoms with van der Waals surface area (Å²) in [5.41, 5.74) is 4.50. The third kappa shape index (κ3) is 3.13. The van der Waals surface area contributed by atoms with Gasteiger partial charge in [-0.2, -0.15) is 10.4 Å². The number of H-pyrrole nitrogens is 1. The highest BCUT2D eigenvalue weighted by Gasteiger charge is 2.18. The molecule has 132 valence electrons. The highest BCUT2D eigenvalue weighted by atomic mass is 32.2. The van der Waals surface area contributed by atoms with Crippen molar-refractivity contribution in [2.75, 3.05) is 5.75 Å². The molecule has 0 amide bonds. The molecule has 0 fully saturated rings. The average Bonchev–Trinajstić information content (AvgIpc) is 2.99. The van der Waals surface area contributed by atoms with Gasteiger partial charge in [-0.1, -0.05) is 23.9 Å². The number of imidazole rings is 1. The molecule has 0 spiro atoms. The number of hydrazine groups is 1. The van der Waals surface area contributed by atoms with Crippen molar-refractivity contribution in [1.82, 2.24) is 20.0 Å². The van der Waals surface area contributed by atoms with E-state index in [1.54, 1.807) is 0 Å². The number of benzene rings is 1. The summed E-state index contributed by atoms with van der Waals surface area (Å²) in [5.74, 6) is 11.7. The fourth-order valence-electron chi connectivity index (χ4n) is 2.57. The summed E-state index contributed by atoms with van der Waals surface area (Å²) in [6.07, 6.45) is 0. The van der Waals surface area contributed by atoms with Crippen LogP contribution in [0.15, 0.2) is 45.3 Å². The van der Waals surface area contributed by atoms with Gasteiger partial charge < -0.3 is 20.8 Å². The molecule has 9 nitrogen and oxygen atoms in total. The Morgan fingerprint density at radius 3 is 2.92 bits per heavy atom. The van der Waals surface area contributed by atoms with E-state index >= 15 is 0 Å². The number of thioether (sulfide) groups is 1. The topological polar surface area (TPSA) is 151 Å². The summed E-state index contributed by atoms with van der Waals surface area (Å²) < 4.78 is 1.85. The molecule has 6 N–H and O–H groups in total. The van der Waals surface area contributed by atoms with Crippen LogP contribution in [0.3, 0.4) is 0 Å². The van der Waals surface area contributed by atoms with E-state index in [4.69, 9.17) is 11.7 Å². The second-order valence-electron chi connectivity index (χ2n) is 5.36. The first-order valence-electron chi connectivity index (χ1n) is 7.54. The van der Waals surface area contributed by atoms with E-state index in [9.17, 15) is 10.1 Å². The van der Waals surface area contributed by atoms with Gasteiger partial charge in [0.05, 0.1) is 27.4 Å². The van der Waals surface area contributed by atoms with Crippen molar-refractivity contribution in [3.05, 3.63) is 46.2 Å². The van der Waals surface area contributed by atoms with Gasteiger partial charge in [-0.3, -0.25) is 4.79 Å². The van der Waals surface area contributed by atoms with Gasteiger partial charge in [0.2, 0.25) is 5.56 Å². The smallest absolute Gasteiger partial charge is 0.249 e. The van der Waals surface area contributed by atoms with Crippen LogP contribution >= 0.6 is 11.8 Å². The molecule has 1 aromatic carbocycles. The number of para-hydroxylation sites is 2. The largest absolute Gasteiger partial charge is 0.327 e. The Morgan fingerprint density at radius 2 is 2.27 bits per heavy atom. The Morgan fingerprint density at radius 1 is 1.50 bits per heavy atom. The molecule has 26 heavy (non-hydrogen) atoms. The number of hydrogen-bond donors (Lipinski definition) is 4. The molecule has 0 aliphatic rings. The van der Waals surface area contributed by atoms with Crippen LogP contribution in [0, 0.1) is 11.3 Å². The number of rotatable bonds is 4. The number of hydrazone groups is 1. The van der Waals surface area contributed by atoms with Gasteiger partial charge in [-0.15, -0.1) is 0 Å². The number of nitrogens with one attached hydrogen (secondary N) is 2. The second-order valence-corrected chi connectivity index (χ2v) is 6.34. The molecule has 0 saturated carbocycles. The lowest BCUT2D eigenvalue weighted by molar-refractivity contribution is 0.950. The molecule has 0 atom stereocenters. The van der Waals surface area contributed by atoms with Gasteiger partial charge in [0.15, 0.2) is 0 Å². The summed E-state index contributed by atoms with van der Waals surface area (Å²) in [7, 11) is 1.84. The minimum Gasteiger partial charge on any atom is -0.327 e. The van der Waals surface area contributed by atoms with Crippen LogP contribution in [0.25, 0.3) is 22.4 Å². The first-order valence-corrected chi connectivity index (χ1v) is 8.53. The Balaban J connectivity index is 2.14. The number of hydrogen-bond acceptors (Lipinski definition) is 7. The number of nitrogens with zero attached hydrogens (tertiary/aromatic N) is 4. The fourth-order valence-corrected chi connectivity index (χ4v) is 3.49. The van der Waals surface area contributed by atoms with Crippen molar-refractivity contribution in [2.24, 2.45) is 23.8 Å². The van der Waals surface area contributed by atoms with Crippen molar-refractivity contribution < 1.29 is 0 Å². The van der Waals surface area contributed by atoms with Gasteiger partial charge in [0.1, 0.15) is 17.7 Å². The van der Waals surface area contributed by atoms with Crippen molar-refractivity contribution in [3.63, 3.8) is 0 Å². The van der Waals surface area contributed by atoms with Gasteiger partial charge >= 0.3 is 0 Å². The van der Waals surface area contributed by atoms with Crippen molar-refractivity contribution in [2.45, 2.75) is 5.03 Å². The van der Waals surface area contributed by atoms with Crippen LogP contribution in [0.5, 0.6) is 0 Å². The minimum absolute atomic E-state index is 0.267. The van der Waals surface area contributed by atoms with Crippen LogP contribution in [0.2, 0.25) is 0 Å². The molecule has 2 aromatic heterocycles. The summed E-state index contributed by atoms with van der Waals surface area (Å²) >= 11 is 1.20. The van der Waals surface area contributed by atoms with Crippen molar-refractivity contribution >= 4 is 28.6 Å². The average molecular weight is 368 g/mol. The second kappa shape index (κ2) is 7.30. The Kier molecular flexibility index (Phi) is 4.92. The Bertz CT molecular complexity index is 1090. The molecule has 0 aliphatic heterocycles. The molecule has 0 aliphatic carbocycles. The number of aryl methyl sites for hydroxylation is 1. The third-order valence-corrected chi connectivity index (χ3v) is 4.84. The van der Waals surface area contributed by atoms with Crippen LogP contribution < -0.4 is 22.7 Å². The summed E-state index contributed by atoms with van der Waals surface area (Å²) in [6, 6.07) is 11.1. The zero-order chi connectivity index (χ0) is 18.7. The number of pyridine rings is 1. The molecular weight excluding hydrogens is 352 g/mol. The van der Waals surface area contributed by atoms with Gasteiger partial charge in [0.25, 0.3) is 0 Å². The lowest BCUT2D eigenvalue weighted by Gasteiger charge is -2.09. The maximum absolute atomic E-state index is 12.2. The maximum Gasteiger partial charge on any atom is 0.249 e. The van der Waals surface area contributed by atoms with Crippen molar-refractivity contribution in [1.29, 1.82) is 5.26 Å². The van der Waals surface area contributed by atoms with Crippen LogP contribution in [-0.4, -0.2) is 26.1 Å². The van der Waals surface area contributed by atoms with Crippen LogP contribution in [0.1, 0.15) is 5.56 Å². The Hall–Kier alpha value is -3.29. The summed E-state index contributed by atoms with van der Waals surface area (Å²) in [4.78, 5) is 19.4.